The molecule has 0 aliphatic carbocycles. The zero-order valence-corrected chi connectivity index (χ0v) is 14.4. The first kappa shape index (κ1) is 17.2. The molecule has 3 rings (SSSR count). The highest BCUT2D eigenvalue weighted by atomic mass is 16.5. The number of esters is 1. The maximum absolute atomic E-state index is 12.8. The number of aromatic nitrogens is 2. The minimum absolute atomic E-state index is 0.0824. The van der Waals surface area contributed by atoms with Gasteiger partial charge in [0.1, 0.15) is 5.92 Å². The Morgan fingerprint density at radius 3 is 2.88 bits per heavy atom. The number of amides is 1. The van der Waals surface area contributed by atoms with Gasteiger partial charge in [0.15, 0.2) is 0 Å². The monoisotopic (exact) mass is 346 g/mol. The lowest BCUT2D eigenvalue weighted by Gasteiger charge is -2.27. The van der Waals surface area contributed by atoms with Crippen LogP contribution in [0.25, 0.3) is 11.0 Å². The molecule has 1 aliphatic rings. The van der Waals surface area contributed by atoms with E-state index in [0.29, 0.717) is 5.52 Å². The first-order valence-electron chi connectivity index (χ1n) is 8.29. The van der Waals surface area contributed by atoms with Gasteiger partial charge >= 0.3 is 5.97 Å². The number of nitrogens with zero attached hydrogens (tertiary/aromatic N) is 2. The molecule has 2 aromatic rings. The maximum atomic E-state index is 12.8. The number of para-hydroxylation sites is 2. The van der Waals surface area contributed by atoms with Crippen LogP contribution in [-0.2, 0) is 14.3 Å². The molecule has 1 saturated heterocycles. The summed E-state index contributed by atoms with van der Waals surface area (Å²) in [5.41, 5.74) is -0.662. The van der Waals surface area contributed by atoms with Crippen LogP contribution in [0.1, 0.15) is 20.8 Å². The van der Waals surface area contributed by atoms with E-state index in [1.165, 1.54) is 4.90 Å². The van der Waals surface area contributed by atoms with Crippen LogP contribution >= 0.6 is 0 Å². The first-order chi connectivity index (χ1) is 11.9. The number of aromatic amines is 1. The first-order valence-corrected chi connectivity index (χ1v) is 8.29. The Balaban J connectivity index is 1.95. The number of carbonyl (C=O) groups is 2. The second-order valence-corrected chi connectivity index (χ2v) is 6.35. The molecule has 134 valence electrons. The number of hydrogen-bond donors (Lipinski definition) is 3. The average molecular weight is 346 g/mol. The summed E-state index contributed by atoms with van der Waals surface area (Å²) in [5, 5.41) is 13.8. The van der Waals surface area contributed by atoms with Crippen LogP contribution in [0.2, 0.25) is 0 Å². The predicted molar refractivity (Wildman–Crippen MR) is 91.6 cm³/mol. The highest BCUT2D eigenvalue weighted by molar-refractivity contribution is 5.96. The van der Waals surface area contributed by atoms with E-state index >= 15 is 0 Å². The SMILES string of the molecule is CCOC(=O)C1CN(C(C)C)C(=O)C1(O)Nc1nc2ccccc2[nH]1. The van der Waals surface area contributed by atoms with Crippen LogP contribution in [-0.4, -0.2) is 56.8 Å². The van der Waals surface area contributed by atoms with E-state index in [9.17, 15) is 14.7 Å². The Morgan fingerprint density at radius 2 is 2.24 bits per heavy atom. The van der Waals surface area contributed by atoms with Gasteiger partial charge in [0.2, 0.25) is 11.7 Å². The van der Waals surface area contributed by atoms with Crippen molar-refractivity contribution in [2.24, 2.45) is 5.92 Å². The number of imidazole rings is 1. The summed E-state index contributed by atoms with van der Waals surface area (Å²) in [5.74, 6) is -2.02. The van der Waals surface area contributed by atoms with Crippen LogP contribution in [0.5, 0.6) is 0 Å². The van der Waals surface area contributed by atoms with Crippen LogP contribution in [0, 0.1) is 5.92 Å². The lowest BCUT2D eigenvalue weighted by molar-refractivity contribution is -0.158. The molecule has 1 aromatic heterocycles. The van der Waals surface area contributed by atoms with Crippen molar-refractivity contribution in [3.05, 3.63) is 24.3 Å². The van der Waals surface area contributed by atoms with E-state index in [0.717, 1.165) is 5.52 Å². The number of nitrogens with one attached hydrogen (secondary N) is 2. The summed E-state index contributed by atoms with van der Waals surface area (Å²) in [6, 6.07) is 7.17. The van der Waals surface area contributed by atoms with Gasteiger partial charge in [-0.25, -0.2) is 4.98 Å². The maximum Gasteiger partial charge on any atom is 0.316 e. The molecular weight excluding hydrogens is 324 g/mol. The third-order valence-electron chi connectivity index (χ3n) is 4.36. The molecule has 0 radical (unpaired) electrons. The lowest BCUT2D eigenvalue weighted by atomic mass is 9.99. The fraction of sp³-hybridized carbons (Fsp3) is 0.471. The Bertz CT molecular complexity index is 770. The molecule has 8 heteroatoms. The minimum Gasteiger partial charge on any atom is -0.466 e. The molecular formula is C17H22N4O4. The molecule has 8 nitrogen and oxygen atoms in total. The summed E-state index contributed by atoms with van der Waals surface area (Å²) in [6.07, 6.45) is 0. The number of likely N-dealkylation sites (tertiary alicyclic amines) is 1. The van der Waals surface area contributed by atoms with Crippen molar-refractivity contribution in [1.29, 1.82) is 0 Å². The highest BCUT2D eigenvalue weighted by Gasteiger charge is 2.58. The quantitative estimate of drug-likeness (QED) is 0.553. The summed E-state index contributed by atoms with van der Waals surface area (Å²) in [4.78, 5) is 33.8. The molecule has 0 spiro atoms. The minimum atomic E-state index is -2.11. The van der Waals surface area contributed by atoms with Crippen LogP contribution in [0.3, 0.4) is 0 Å². The van der Waals surface area contributed by atoms with Crippen molar-refractivity contribution in [3.63, 3.8) is 0 Å². The van der Waals surface area contributed by atoms with Gasteiger partial charge in [0.05, 0.1) is 17.6 Å². The van der Waals surface area contributed by atoms with E-state index in [2.05, 4.69) is 15.3 Å². The molecule has 1 fully saturated rings. The van der Waals surface area contributed by atoms with Crippen LogP contribution in [0.4, 0.5) is 5.95 Å². The largest absolute Gasteiger partial charge is 0.466 e. The van der Waals surface area contributed by atoms with Gasteiger partial charge in [-0.1, -0.05) is 12.1 Å². The summed E-state index contributed by atoms with van der Waals surface area (Å²) in [6.45, 7) is 5.59. The highest BCUT2D eigenvalue weighted by Crippen LogP contribution is 2.32. The van der Waals surface area contributed by atoms with Crippen molar-refractivity contribution in [2.75, 3.05) is 18.5 Å². The molecule has 0 saturated carbocycles. The molecule has 0 bridgehead atoms. The normalized spacial score (nSPS) is 23.5. The number of rotatable bonds is 5. The molecule has 3 N–H and O–H groups in total. The van der Waals surface area contributed by atoms with E-state index in [1.54, 1.807) is 13.0 Å². The van der Waals surface area contributed by atoms with Crippen molar-refractivity contribution in [3.8, 4) is 0 Å². The number of hydrogen-bond acceptors (Lipinski definition) is 6. The van der Waals surface area contributed by atoms with Gasteiger partial charge in [-0.15, -0.1) is 0 Å². The van der Waals surface area contributed by atoms with Gasteiger partial charge in [-0.2, -0.15) is 0 Å². The second kappa shape index (κ2) is 6.36. The molecule has 1 aromatic carbocycles. The molecule has 2 atom stereocenters. The molecule has 2 unspecified atom stereocenters. The van der Waals surface area contributed by atoms with E-state index in [4.69, 9.17) is 4.74 Å². The number of anilines is 1. The predicted octanol–water partition coefficient (Wildman–Crippen LogP) is 1.09. The molecule has 1 amide bonds. The Hall–Kier alpha value is -2.61. The fourth-order valence-electron chi connectivity index (χ4n) is 3.05. The van der Waals surface area contributed by atoms with Gasteiger partial charge in [0, 0.05) is 12.6 Å². The number of carbonyl (C=O) groups excluding carboxylic acids is 2. The third-order valence-corrected chi connectivity index (χ3v) is 4.36. The van der Waals surface area contributed by atoms with Crippen LogP contribution in [0.15, 0.2) is 24.3 Å². The van der Waals surface area contributed by atoms with E-state index < -0.39 is 23.5 Å². The van der Waals surface area contributed by atoms with Crippen molar-refractivity contribution in [2.45, 2.75) is 32.5 Å². The second-order valence-electron chi connectivity index (χ2n) is 6.35. The molecule has 2 heterocycles. The average Bonchev–Trinajstić information content (AvgIpc) is 3.07. The summed E-state index contributed by atoms with van der Waals surface area (Å²) < 4.78 is 5.05. The smallest absolute Gasteiger partial charge is 0.316 e. The van der Waals surface area contributed by atoms with E-state index in [1.807, 2.05) is 32.0 Å². The summed E-state index contributed by atoms with van der Waals surface area (Å²) in [7, 11) is 0. The molecule has 25 heavy (non-hydrogen) atoms. The van der Waals surface area contributed by atoms with Crippen molar-refractivity contribution >= 4 is 28.9 Å². The standard InChI is InChI=1S/C17H22N4O4/c1-4-25-14(22)11-9-21(10(2)3)15(23)17(11,24)20-16-18-12-7-5-6-8-13(12)19-16/h5-8,10-11,24H,4,9H2,1-3H3,(H2,18,19,20). The zero-order chi connectivity index (χ0) is 18.2. The number of ether oxygens (including phenoxy) is 1. The van der Waals surface area contributed by atoms with Gasteiger partial charge in [-0.05, 0) is 32.9 Å². The zero-order valence-electron chi connectivity index (χ0n) is 14.4. The van der Waals surface area contributed by atoms with Gasteiger partial charge in [0.25, 0.3) is 5.91 Å². The van der Waals surface area contributed by atoms with Gasteiger partial charge < -0.3 is 25.0 Å². The van der Waals surface area contributed by atoms with Crippen molar-refractivity contribution in [1.82, 2.24) is 14.9 Å². The summed E-state index contributed by atoms with van der Waals surface area (Å²) >= 11 is 0. The molecule has 1 aliphatic heterocycles. The number of fused-ring (bicyclic) bond motifs is 1. The Morgan fingerprint density at radius 1 is 1.52 bits per heavy atom. The Labute approximate surface area is 145 Å². The topological polar surface area (TPSA) is 108 Å². The fourth-order valence-corrected chi connectivity index (χ4v) is 3.05. The lowest BCUT2D eigenvalue weighted by Crippen LogP contribution is -2.53. The number of benzene rings is 1. The number of aliphatic hydroxyl groups is 1. The number of H-pyrrole nitrogens is 1. The van der Waals surface area contributed by atoms with Crippen LogP contribution < -0.4 is 5.32 Å². The third kappa shape index (κ3) is 2.93. The van der Waals surface area contributed by atoms with Crippen molar-refractivity contribution < 1.29 is 19.4 Å². The van der Waals surface area contributed by atoms with E-state index in [-0.39, 0.29) is 25.1 Å². The van der Waals surface area contributed by atoms with Gasteiger partial charge in [-0.3, -0.25) is 9.59 Å². The Kier molecular flexibility index (Phi) is 4.38.